The maximum absolute atomic E-state index is 12.4. The van der Waals surface area contributed by atoms with Gasteiger partial charge < -0.3 is 20.7 Å². The molecule has 0 aliphatic carbocycles. The van der Waals surface area contributed by atoms with Gasteiger partial charge in [-0.2, -0.15) is 0 Å². The normalized spacial score (nSPS) is 11.4. The zero-order chi connectivity index (χ0) is 18.4. The third-order valence-corrected chi connectivity index (χ3v) is 3.64. The number of hydrogen-bond donors (Lipinski definition) is 3. The van der Waals surface area contributed by atoms with Crippen LogP contribution in [0.3, 0.4) is 0 Å². The summed E-state index contributed by atoms with van der Waals surface area (Å²) in [5, 5.41) is 9.08. The van der Waals surface area contributed by atoms with Crippen molar-refractivity contribution in [1.29, 1.82) is 0 Å². The fourth-order valence-corrected chi connectivity index (χ4v) is 2.36. The zero-order valence-electron chi connectivity index (χ0n) is 14.2. The molecule has 0 spiro atoms. The lowest BCUT2D eigenvalue weighted by atomic mass is 10.2. The topological polar surface area (TPSA) is 79.5 Å². The lowest BCUT2D eigenvalue weighted by molar-refractivity contribution is -0.116. The highest BCUT2D eigenvalue weighted by molar-refractivity contribution is 6.31. The molecule has 1 unspecified atom stereocenters. The van der Waals surface area contributed by atoms with E-state index in [0.29, 0.717) is 22.1 Å². The van der Waals surface area contributed by atoms with Gasteiger partial charge in [-0.3, -0.25) is 9.59 Å². The first kappa shape index (κ1) is 18.6. The molecule has 25 heavy (non-hydrogen) atoms. The van der Waals surface area contributed by atoms with Gasteiger partial charge in [-0.1, -0.05) is 11.6 Å². The Hall–Kier alpha value is -2.73. The number of ether oxygens (including phenoxy) is 1. The molecule has 7 heteroatoms. The predicted octanol–water partition coefficient (Wildman–Crippen LogP) is 3.75. The highest BCUT2D eigenvalue weighted by Crippen LogP contribution is 2.27. The summed E-state index contributed by atoms with van der Waals surface area (Å²) in [5.74, 6) is 0.167. The summed E-state index contributed by atoms with van der Waals surface area (Å²) in [5.41, 5.74) is 1.96. The highest BCUT2D eigenvalue weighted by Gasteiger charge is 2.15. The molecule has 0 radical (unpaired) electrons. The van der Waals surface area contributed by atoms with Crippen molar-refractivity contribution >= 4 is 40.5 Å². The second-order valence-corrected chi connectivity index (χ2v) is 5.89. The number of hydrogen-bond acceptors (Lipinski definition) is 4. The summed E-state index contributed by atoms with van der Waals surface area (Å²) in [6, 6.07) is 11.6. The van der Waals surface area contributed by atoms with Crippen LogP contribution in [0.25, 0.3) is 0 Å². The van der Waals surface area contributed by atoms with Gasteiger partial charge in [0.15, 0.2) is 0 Å². The van der Waals surface area contributed by atoms with Crippen molar-refractivity contribution in [2.45, 2.75) is 19.9 Å². The van der Waals surface area contributed by atoms with Crippen LogP contribution in [0.15, 0.2) is 42.5 Å². The van der Waals surface area contributed by atoms with Crippen molar-refractivity contribution in [3.63, 3.8) is 0 Å². The molecule has 0 heterocycles. The summed E-state index contributed by atoms with van der Waals surface area (Å²) in [6.45, 7) is 3.19. The van der Waals surface area contributed by atoms with E-state index in [1.165, 1.54) is 14.0 Å². The Bertz CT molecular complexity index is 763. The van der Waals surface area contributed by atoms with Crippen LogP contribution in [0.1, 0.15) is 13.8 Å². The van der Waals surface area contributed by atoms with E-state index in [-0.39, 0.29) is 11.8 Å². The molecular formula is C18H20ClN3O3. The number of rotatable bonds is 6. The molecular weight excluding hydrogens is 342 g/mol. The first-order valence-corrected chi connectivity index (χ1v) is 8.05. The van der Waals surface area contributed by atoms with Gasteiger partial charge in [0, 0.05) is 23.3 Å². The Kier molecular flexibility index (Phi) is 6.25. The Balaban J connectivity index is 2.00. The molecule has 2 aromatic rings. The van der Waals surface area contributed by atoms with Gasteiger partial charge in [-0.05, 0) is 49.4 Å². The van der Waals surface area contributed by atoms with Crippen molar-refractivity contribution < 1.29 is 14.3 Å². The average Bonchev–Trinajstić information content (AvgIpc) is 2.56. The van der Waals surface area contributed by atoms with Gasteiger partial charge in [0.05, 0.1) is 12.8 Å². The molecule has 0 saturated carbocycles. The molecule has 2 amide bonds. The number of benzene rings is 2. The molecule has 0 saturated heterocycles. The molecule has 6 nitrogen and oxygen atoms in total. The SMILES string of the molecule is COc1ccc(Cl)cc1NC(=O)C(C)Nc1ccc(NC(C)=O)cc1. The quantitative estimate of drug-likeness (QED) is 0.732. The molecule has 0 aliphatic heterocycles. The monoisotopic (exact) mass is 361 g/mol. The standard InChI is InChI=1S/C18H20ClN3O3/c1-11(20-14-5-7-15(8-6-14)21-12(2)23)18(24)22-16-10-13(19)4-9-17(16)25-3/h4-11,20H,1-3H3,(H,21,23)(H,22,24). The Morgan fingerprint density at radius 1 is 1.04 bits per heavy atom. The lowest BCUT2D eigenvalue weighted by Gasteiger charge is -2.17. The Morgan fingerprint density at radius 3 is 2.28 bits per heavy atom. The molecule has 2 rings (SSSR count). The molecule has 1 atom stereocenters. The third kappa shape index (κ3) is 5.39. The fraction of sp³-hybridized carbons (Fsp3) is 0.222. The van der Waals surface area contributed by atoms with Crippen molar-refractivity contribution in [2.75, 3.05) is 23.1 Å². The molecule has 2 aromatic carbocycles. The first-order valence-electron chi connectivity index (χ1n) is 7.67. The number of carbonyl (C=O) groups excluding carboxylic acids is 2. The van der Waals surface area contributed by atoms with Crippen LogP contribution >= 0.6 is 11.6 Å². The molecule has 132 valence electrons. The number of carbonyl (C=O) groups is 2. The van der Waals surface area contributed by atoms with Crippen molar-refractivity contribution in [3.05, 3.63) is 47.5 Å². The van der Waals surface area contributed by atoms with Crippen molar-refractivity contribution in [1.82, 2.24) is 0 Å². The van der Waals surface area contributed by atoms with Crippen LogP contribution < -0.4 is 20.7 Å². The third-order valence-electron chi connectivity index (χ3n) is 3.40. The maximum atomic E-state index is 12.4. The number of amides is 2. The van der Waals surface area contributed by atoms with Crippen LogP contribution in [0.2, 0.25) is 5.02 Å². The molecule has 0 aromatic heterocycles. The summed E-state index contributed by atoms with van der Waals surface area (Å²) in [4.78, 5) is 23.4. The van der Waals surface area contributed by atoms with Gasteiger partial charge in [0.25, 0.3) is 0 Å². The molecule has 3 N–H and O–H groups in total. The van der Waals surface area contributed by atoms with Crippen molar-refractivity contribution in [2.24, 2.45) is 0 Å². The highest BCUT2D eigenvalue weighted by atomic mass is 35.5. The zero-order valence-corrected chi connectivity index (χ0v) is 15.0. The summed E-state index contributed by atoms with van der Waals surface area (Å²) >= 11 is 5.96. The first-order chi connectivity index (χ1) is 11.9. The van der Waals surface area contributed by atoms with E-state index >= 15 is 0 Å². The Labute approximate surface area is 151 Å². The smallest absolute Gasteiger partial charge is 0.246 e. The van der Waals surface area contributed by atoms with E-state index in [4.69, 9.17) is 16.3 Å². The van der Waals surface area contributed by atoms with Gasteiger partial charge in [-0.25, -0.2) is 0 Å². The van der Waals surface area contributed by atoms with E-state index < -0.39 is 6.04 Å². The predicted molar refractivity (Wildman–Crippen MR) is 100 cm³/mol. The summed E-state index contributed by atoms with van der Waals surface area (Å²) in [7, 11) is 1.53. The summed E-state index contributed by atoms with van der Waals surface area (Å²) < 4.78 is 5.22. The minimum absolute atomic E-state index is 0.135. The van der Waals surface area contributed by atoms with Crippen LogP contribution in [0.4, 0.5) is 17.1 Å². The van der Waals surface area contributed by atoms with Crippen LogP contribution in [0, 0.1) is 0 Å². The van der Waals surface area contributed by atoms with Crippen LogP contribution in [-0.2, 0) is 9.59 Å². The second kappa shape index (κ2) is 8.39. The van der Waals surface area contributed by atoms with E-state index in [1.807, 2.05) is 0 Å². The Morgan fingerprint density at radius 2 is 1.68 bits per heavy atom. The van der Waals surface area contributed by atoms with Crippen LogP contribution in [-0.4, -0.2) is 25.0 Å². The van der Waals surface area contributed by atoms with Gasteiger partial charge in [0.2, 0.25) is 11.8 Å². The number of anilines is 3. The lowest BCUT2D eigenvalue weighted by Crippen LogP contribution is -2.32. The number of methoxy groups -OCH3 is 1. The van der Waals surface area contributed by atoms with E-state index in [0.717, 1.165) is 5.69 Å². The number of nitrogens with one attached hydrogen (secondary N) is 3. The van der Waals surface area contributed by atoms with Gasteiger partial charge in [-0.15, -0.1) is 0 Å². The van der Waals surface area contributed by atoms with Crippen molar-refractivity contribution in [3.8, 4) is 5.75 Å². The molecule has 0 aliphatic rings. The average molecular weight is 362 g/mol. The van der Waals surface area contributed by atoms with Gasteiger partial charge >= 0.3 is 0 Å². The molecule has 0 fully saturated rings. The maximum Gasteiger partial charge on any atom is 0.246 e. The largest absolute Gasteiger partial charge is 0.495 e. The van der Waals surface area contributed by atoms with E-state index in [2.05, 4.69) is 16.0 Å². The fourth-order valence-electron chi connectivity index (χ4n) is 2.19. The minimum Gasteiger partial charge on any atom is -0.495 e. The molecule has 0 bridgehead atoms. The van der Waals surface area contributed by atoms with E-state index in [9.17, 15) is 9.59 Å². The number of halogens is 1. The summed E-state index contributed by atoms with van der Waals surface area (Å²) in [6.07, 6.45) is 0. The second-order valence-electron chi connectivity index (χ2n) is 5.46. The van der Waals surface area contributed by atoms with Gasteiger partial charge in [0.1, 0.15) is 11.8 Å². The minimum atomic E-state index is -0.490. The van der Waals surface area contributed by atoms with E-state index in [1.54, 1.807) is 49.4 Å². The van der Waals surface area contributed by atoms with Crippen LogP contribution in [0.5, 0.6) is 5.75 Å².